The van der Waals surface area contributed by atoms with Crippen molar-refractivity contribution in [1.29, 1.82) is 0 Å². The van der Waals surface area contributed by atoms with E-state index in [0.717, 1.165) is 12.8 Å². The molecule has 0 aromatic carbocycles. The van der Waals surface area contributed by atoms with Crippen molar-refractivity contribution in [3.63, 3.8) is 0 Å². The molecule has 0 amide bonds. The number of carbonyl (C=O) groups is 1. The molecule has 0 unspecified atom stereocenters. The maximum atomic E-state index is 12.2. The van der Waals surface area contributed by atoms with E-state index in [0.29, 0.717) is 17.6 Å². The molecule has 124 valence electrons. The first kappa shape index (κ1) is 20.4. The van der Waals surface area contributed by atoms with E-state index >= 15 is 0 Å². The van der Waals surface area contributed by atoms with Crippen LogP contribution in [-0.4, -0.2) is 5.78 Å². The van der Waals surface area contributed by atoms with Gasteiger partial charge in [0.15, 0.2) is 0 Å². The van der Waals surface area contributed by atoms with Crippen molar-refractivity contribution >= 4 is 5.78 Å². The number of hydrogen-bond donors (Lipinski definition) is 0. The summed E-state index contributed by atoms with van der Waals surface area (Å²) < 4.78 is 0. The van der Waals surface area contributed by atoms with Gasteiger partial charge in [-0.1, -0.05) is 81.4 Å². The lowest BCUT2D eigenvalue weighted by atomic mass is 9.60. The Morgan fingerprint density at radius 2 is 1.38 bits per heavy atom. The summed E-state index contributed by atoms with van der Waals surface area (Å²) in [5, 5.41) is 0. The van der Waals surface area contributed by atoms with Crippen LogP contribution in [0.4, 0.5) is 0 Å². The zero-order valence-electron chi connectivity index (χ0n) is 16.2. The first-order valence-corrected chi connectivity index (χ1v) is 8.36. The lowest BCUT2D eigenvalue weighted by molar-refractivity contribution is -0.129. The second kappa shape index (κ2) is 6.67. The summed E-state index contributed by atoms with van der Waals surface area (Å²) >= 11 is 0. The van der Waals surface area contributed by atoms with Crippen LogP contribution in [0.15, 0.2) is 12.2 Å². The van der Waals surface area contributed by atoms with E-state index in [1.54, 1.807) is 0 Å². The fraction of sp³-hybridized carbons (Fsp3) is 0.850. The van der Waals surface area contributed by atoms with Crippen molar-refractivity contribution in [3.05, 3.63) is 12.2 Å². The van der Waals surface area contributed by atoms with Gasteiger partial charge in [0.2, 0.25) is 0 Å². The van der Waals surface area contributed by atoms with E-state index in [-0.39, 0.29) is 16.2 Å². The highest BCUT2D eigenvalue weighted by molar-refractivity contribution is 5.83. The first-order valence-electron chi connectivity index (χ1n) is 8.36. The molecular formula is C20H38O. The number of allylic oxidation sites excluding steroid dienone is 2. The van der Waals surface area contributed by atoms with Gasteiger partial charge in [-0.05, 0) is 29.1 Å². The van der Waals surface area contributed by atoms with Gasteiger partial charge in [0, 0.05) is 11.8 Å². The second-order valence-corrected chi connectivity index (χ2v) is 9.61. The molecule has 0 aromatic rings. The summed E-state index contributed by atoms with van der Waals surface area (Å²) in [7, 11) is 0. The SMILES string of the molecule is CCC(=O)C(C)(C)CC(C)(C)C(C)(C)C=CCC(C)(C)C. The summed E-state index contributed by atoms with van der Waals surface area (Å²) in [4.78, 5) is 12.2. The minimum Gasteiger partial charge on any atom is -0.299 e. The minimum atomic E-state index is -0.243. The van der Waals surface area contributed by atoms with Gasteiger partial charge in [0.25, 0.3) is 0 Å². The van der Waals surface area contributed by atoms with Gasteiger partial charge in [-0.15, -0.1) is 0 Å². The predicted molar refractivity (Wildman–Crippen MR) is 94.5 cm³/mol. The van der Waals surface area contributed by atoms with Crippen LogP contribution in [0.1, 0.15) is 88.5 Å². The van der Waals surface area contributed by atoms with Gasteiger partial charge in [-0.3, -0.25) is 4.79 Å². The average molecular weight is 295 g/mol. The molecule has 21 heavy (non-hydrogen) atoms. The van der Waals surface area contributed by atoms with Crippen molar-refractivity contribution in [2.24, 2.45) is 21.7 Å². The van der Waals surface area contributed by atoms with E-state index in [9.17, 15) is 4.79 Å². The van der Waals surface area contributed by atoms with Crippen LogP contribution < -0.4 is 0 Å². The van der Waals surface area contributed by atoms with Crippen molar-refractivity contribution in [1.82, 2.24) is 0 Å². The Bertz CT molecular complexity index is 375. The minimum absolute atomic E-state index is 0.0730. The lowest BCUT2D eigenvalue weighted by Crippen LogP contribution is -2.38. The van der Waals surface area contributed by atoms with Crippen molar-refractivity contribution in [2.75, 3.05) is 0 Å². The normalized spacial score (nSPS) is 14.8. The zero-order chi connectivity index (χ0) is 17.1. The number of carbonyl (C=O) groups excluding carboxylic acids is 1. The molecule has 0 heterocycles. The van der Waals surface area contributed by atoms with Gasteiger partial charge in [-0.2, -0.15) is 0 Å². The smallest absolute Gasteiger partial charge is 0.138 e. The van der Waals surface area contributed by atoms with Crippen LogP contribution in [0.2, 0.25) is 0 Å². The van der Waals surface area contributed by atoms with Crippen LogP contribution in [-0.2, 0) is 4.79 Å². The molecule has 0 N–H and O–H groups in total. The van der Waals surface area contributed by atoms with Gasteiger partial charge < -0.3 is 0 Å². The fourth-order valence-electron chi connectivity index (χ4n) is 2.84. The average Bonchev–Trinajstić information content (AvgIpc) is 2.23. The molecule has 0 fully saturated rings. The van der Waals surface area contributed by atoms with E-state index in [1.807, 2.05) is 6.92 Å². The van der Waals surface area contributed by atoms with E-state index in [4.69, 9.17) is 0 Å². The highest BCUT2D eigenvalue weighted by Gasteiger charge is 2.41. The summed E-state index contributed by atoms with van der Waals surface area (Å²) in [5.74, 6) is 0.366. The Kier molecular flexibility index (Phi) is 6.48. The number of Topliss-reactive ketones (excluding diaryl/α,β-unsaturated/α-hetero) is 1. The zero-order valence-corrected chi connectivity index (χ0v) is 16.2. The molecule has 1 heteroatoms. The summed E-state index contributed by atoms with van der Waals surface area (Å²) in [6.45, 7) is 22.1. The largest absolute Gasteiger partial charge is 0.299 e. The van der Waals surface area contributed by atoms with Crippen molar-refractivity contribution < 1.29 is 4.79 Å². The molecule has 0 aliphatic carbocycles. The third kappa shape index (κ3) is 6.36. The topological polar surface area (TPSA) is 17.1 Å². The van der Waals surface area contributed by atoms with Crippen molar-refractivity contribution in [2.45, 2.75) is 88.5 Å². The molecule has 0 saturated carbocycles. The van der Waals surface area contributed by atoms with Crippen LogP contribution in [0, 0.1) is 21.7 Å². The molecule has 0 spiro atoms. The Morgan fingerprint density at radius 3 is 1.76 bits per heavy atom. The molecule has 0 bridgehead atoms. The molecule has 0 saturated heterocycles. The maximum absolute atomic E-state index is 12.2. The Balaban J connectivity index is 5.07. The second-order valence-electron chi connectivity index (χ2n) is 9.61. The lowest BCUT2D eigenvalue weighted by Gasteiger charge is -2.44. The Hall–Kier alpha value is -0.590. The summed E-state index contributed by atoms with van der Waals surface area (Å²) in [5.41, 5.74) is 0.237. The van der Waals surface area contributed by atoms with Crippen LogP contribution in [0.25, 0.3) is 0 Å². The molecule has 1 nitrogen and oxygen atoms in total. The van der Waals surface area contributed by atoms with Gasteiger partial charge in [0.05, 0.1) is 0 Å². The Morgan fingerprint density at radius 1 is 0.905 bits per heavy atom. The molecule has 0 aliphatic rings. The third-order valence-corrected chi connectivity index (χ3v) is 4.97. The Labute approximate surface area is 133 Å². The first-order chi connectivity index (χ1) is 9.15. The quantitative estimate of drug-likeness (QED) is 0.495. The van der Waals surface area contributed by atoms with Crippen LogP contribution >= 0.6 is 0 Å². The number of rotatable bonds is 7. The highest BCUT2D eigenvalue weighted by Crippen LogP contribution is 2.48. The molecule has 0 aliphatic heterocycles. The molecule has 0 rings (SSSR count). The molecule has 0 aromatic heterocycles. The number of ketones is 1. The monoisotopic (exact) mass is 294 g/mol. The maximum Gasteiger partial charge on any atom is 0.138 e. The standard InChI is InChI=1S/C20H38O/c1-11-16(21)18(5,6)15-20(9,10)19(7,8)14-12-13-17(2,3)4/h12,14H,11,13,15H2,1-10H3. The van der Waals surface area contributed by atoms with Gasteiger partial charge in [0.1, 0.15) is 5.78 Å². The van der Waals surface area contributed by atoms with Crippen LogP contribution in [0.5, 0.6) is 0 Å². The van der Waals surface area contributed by atoms with E-state index in [2.05, 4.69) is 74.5 Å². The third-order valence-electron chi connectivity index (χ3n) is 4.97. The summed E-state index contributed by atoms with van der Waals surface area (Å²) in [6.07, 6.45) is 7.30. The van der Waals surface area contributed by atoms with E-state index < -0.39 is 0 Å². The fourth-order valence-corrected chi connectivity index (χ4v) is 2.84. The highest BCUT2D eigenvalue weighted by atomic mass is 16.1. The van der Waals surface area contributed by atoms with Crippen molar-refractivity contribution in [3.8, 4) is 0 Å². The predicted octanol–water partition coefficient (Wildman–Crippen LogP) is 6.43. The molecule has 0 atom stereocenters. The molecule has 0 radical (unpaired) electrons. The number of hydrogen-bond acceptors (Lipinski definition) is 1. The molecular weight excluding hydrogens is 256 g/mol. The van der Waals surface area contributed by atoms with Gasteiger partial charge in [-0.25, -0.2) is 0 Å². The van der Waals surface area contributed by atoms with Gasteiger partial charge >= 0.3 is 0 Å². The van der Waals surface area contributed by atoms with E-state index in [1.165, 1.54) is 0 Å². The summed E-state index contributed by atoms with van der Waals surface area (Å²) in [6, 6.07) is 0. The van der Waals surface area contributed by atoms with Crippen LogP contribution in [0.3, 0.4) is 0 Å².